The molecule has 1 saturated heterocycles. The Morgan fingerprint density at radius 2 is 1.70 bits per heavy atom. The molecule has 4 atom stereocenters. The van der Waals surface area contributed by atoms with Gasteiger partial charge in [-0.15, -0.1) is 0 Å². The monoisotopic (exact) mass is 279 g/mol. The lowest BCUT2D eigenvalue weighted by Crippen LogP contribution is -2.49. The lowest BCUT2D eigenvalue weighted by atomic mass is 9.81. The zero-order valence-electron chi connectivity index (χ0n) is 11.7. The summed E-state index contributed by atoms with van der Waals surface area (Å²) >= 11 is 0. The van der Waals surface area contributed by atoms with Crippen molar-refractivity contribution < 1.29 is 19.8 Å². The summed E-state index contributed by atoms with van der Waals surface area (Å²) in [5, 5.41) is 19.3. The van der Waals surface area contributed by atoms with Crippen LogP contribution in [-0.4, -0.2) is 45.7 Å². The first kappa shape index (κ1) is 13.6. The van der Waals surface area contributed by atoms with Crippen LogP contribution in [0.4, 0.5) is 0 Å². The highest BCUT2D eigenvalue weighted by Crippen LogP contribution is 2.49. The molecular formula is C15H21NO4. The third kappa shape index (κ3) is 2.14. The van der Waals surface area contributed by atoms with E-state index >= 15 is 0 Å². The van der Waals surface area contributed by atoms with E-state index in [2.05, 4.69) is 0 Å². The molecule has 1 saturated carbocycles. The summed E-state index contributed by atoms with van der Waals surface area (Å²) in [5.41, 5.74) is -0.697. The average Bonchev–Trinajstić information content (AvgIpc) is 2.97. The molecule has 5 nitrogen and oxygen atoms in total. The Labute approximate surface area is 118 Å². The van der Waals surface area contributed by atoms with E-state index in [1.54, 1.807) is 11.8 Å². The highest BCUT2D eigenvalue weighted by Gasteiger charge is 2.52. The second-order valence-corrected chi connectivity index (χ2v) is 6.66. The smallest absolute Gasteiger partial charge is 0.307 e. The van der Waals surface area contributed by atoms with Crippen molar-refractivity contribution in [2.45, 2.75) is 31.8 Å². The number of allylic oxidation sites excluding steroid dienone is 2. The fraction of sp³-hybridized carbons (Fsp3) is 0.733. The van der Waals surface area contributed by atoms with Crippen LogP contribution in [0.3, 0.4) is 0 Å². The summed E-state index contributed by atoms with van der Waals surface area (Å²) < 4.78 is 0. The molecule has 3 rings (SSSR count). The van der Waals surface area contributed by atoms with Crippen LogP contribution in [0.25, 0.3) is 0 Å². The van der Waals surface area contributed by atoms with Gasteiger partial charge in [0.05, 0.1) is 17.4 Å². The van der Waals surface area contributed by atoms with E-state index in [1.807, 2.05) is 12.2 Å². The highest BCUT2D eigenvalue weighted by molar-refractivity contribution is 5.87. The van der Waals surface area contributed by atoms with E-state index in [1.165, 1.54) is 0 Å². The number of aliphatic carboxylic acids is 1. The number of fused-ring (bicyclic) bond motifs is 2. The van der Waals surface area contributed by atoms with Crippen LogP contribution in [0.15, 0.2) is 12.2 Å². The van der Waals surface area contributed by atoms with Gasteiger partial charge in [0.2, 0.25) is 5.91 Å². The van der Waals surface area contributed by atoms with Crippen LogP contribution in [0.2, 0.25) is 0 Å². The van der Waals surface area contributed by atoms with E-state index in [-0.39, 0.29) is 17.7 Å². The summed E-state index contributed by atoms with van der Waals surface area (Å²) in [4.78, 5) is 25.9. The van der Waals surface area contributed by atoms with Crippen molar-refractivity contribution in [1.29, 1.82) is 0 Å². The number of piperidine rings is 1. The molecule has 110 valence electrons. The lowest BCUT2D eigenvalue weighted by Gasteiger charge is -2.38. The molecule has 2 fully saturated rings. The Balaban J connectivity index is 1.74. The number of carboxylic acid groups (broad SMARTS) is 1. The van der Waals surface area contributed by atoms with Crippen LogP contribution < -0.4 is 0 Å². The minimum absolute atomic E-state index is 0.0133. The van der Waals surface area contributed by atoms with Crippen LogP contribution in [0.1, 0.15) is 26.2 Å². The minimum Gasteiger partial charge on any atom is -0.481 e. The summed E-state index contributed by atoms with van der Waals surface area (Å²) in [6, 6.07) is 0. The number of hydrogen-bond acceptors (Lipinski definition) is 3. The van der Waals surface area contributed by atoms with Gasteiger partial charge in [0.15, 0.2) is 0 Å². The molecule has 2 aliphatic carbocycles. The van der Waals surface area contributed by atoms with Crippen LogP contribution in [0, 0.1) is 23.7 Å². The van der Waals surface area contributed by atoms with E-state index in [0.717, 1.165) is 6.42 Å². The normalized spacial score (nSPS) is 38.2. The largest absolute Gasteiger partial charge is 0.481 e. The molecular weight excluding hydrogens is 258 g/mol. The molecule has 2 bridgehead atoms. The molecule has 0 aromatic heterocycles. The van der Waals surface area contributed by atoms with E-state index in [0.29, 0.717) is 25.9 Å². The molecule has 1 amide bonds. The summed E-state index contributed by atoms with van der Waals surface area (Å²) in [7, 11) is 0. The van der Waals surface area contributed by atoms with Gasteiger partial charge in [0.25, 0.3) is 0 Å². The number of carbonyl (C=O) groups is 2. The molecule has 0 aromatic carbocycles. The summed E-state index contributed by atoms with van der Waals surface area (Å²) in [5.74, 6) is -1.78. The molecule has 0 radical (unpaired) electrons. The zero-order valence-corrected chi connectivity index (χ0v) is 11.7. The Morgan fingerprint density at radius 1 is 1.15 bits per heavy atom. The summed E-state index contributed by atoms with van der Waals surface area (Å²) in [6.45, 7) is 2.83. The number of amides is 1. The number of aliphatic hydroxyl groups is 1. The second-order valence-electron chi connectivity index (χ2n) is 6.66. The van der Waals surface area contributed by atoms with Crippen molar-refractivity contribution >= 4 is 11.9 Å². The number of likely N-dealkylation sites (tertiary alicyclic amines) is 1. The fourth-order valence-electron chi connectivity index (χ4n) is 3.92. The van der Waals surface area contributed by atoms with Gasteiger partial charge in [0, 0.05) is 13.1 Å². The topological polar surface area (TPSA) is 77.8 Å². The average molecular weight is 279 g/mol. The molecule has 1 aliphatic heterocycles. The molecule has 2 unspecified atom stereocenters. The zero-order chi connectivity index (χ0) is 14.5. The van der Waals surface area contributed by atoms with Gasteiger partial charge < -0.3 is 15.1 Å². The van der Waals surface area contributed by atoms with E-state index in [4.69, 9.17) is 0 Å². The van der Waals surface area contributed by atoms with Gasteiger partial charge in [-0.25, -0.2) is 0 Å². The van der Waals surface area contributed by atoms with Crippen molar-refractivity contribution in [3.63, 3.8) is 0 Å². The molecule has 0 aromatic rings. The van der Waals surface area contributed by atoms with Gasteiger partial charge in [-0.2, -0.15) is 0 Å². The first-order chi connectivity index (χ1) is 9.39. The van der Waals surface area contributed by atoms with Crippen LogP contribution in [-0.2, 0) is 9.59 Å². The maximum absolute atomic E-state index is 12.7. The first-order valence-electron chi connectivity index (χ1n) is 7.31. The third-order valence-electron chi connectivity index (χ3n) is 5.18. The first-order valence-corrected chi connectivity index (χ1v) is 7.31. The number of hydrogen-bond donors (Lipinski definition) is 2. The van der Waals surface area contributed by atoms with Gasteiger partial charge in [0.1, 0.15) is 0 Å². The minimum atomic E-state index is -0.857. The van der Waals surface area contributed by atoms with E-state index in [9.17, 15) is 19.8 Å². The van der Waals surface area contributed by atoms with Crippen molar-refractivity contribution in [3.05, 3.63) is 12.2 Å². The van der Waals surface area contributed by atoms with Gasteiger partial charge in [-0.1, -0.05) is 12.2 Å². The third-order valence-corrected chi connectivity index (χ3v) is 5.18. The maximum Gasteiger partial charge on any atom is 0.307 e. The van der Waals surface area contributed by atoms with Gasteiger partial charge in [-0.3, -0.25) is 9.59 Å². The van der Waals surface area contributed by atoms with Crippen molar-refractivity contribution in [3.8, 4) is 0 Å². The Hall–Kier alpha value is -1.36. The van der Waals surface area contributed by atoms with E-state index < -0.39 is 23.4 Å². The molecule has 3 aliphatic rings. The van der Waals surface area contributed by atoms with Crippen molar-refractivity contribution in [2.75, 3.05) is 13.1 Å². The Kier molecular flexibility index (Phi) is 3.12. The predicted molar refractivity (Wildman–Crippen MR) is 71.8 cm³/mol. The predicted octanol–water partition coefficient (Wildman–Crippen LogP) is 0.883. The molecule has 0 spiro atoms. The van der Waals surface area contributed by atoms with Crippen LogP contribution >= 0.6 is 0 Å². The fourth-order valence-corrected chi connectivity index (χ4v) is 3.92. The standard InChI is InChI=1S/C15H21NO4/c1-15(20)4-6-16(7-5-15)13(17)11-9-2-3-10(8-9)12(11)14(18)19/h2-3,9-12,20H,4-8H2,1H3,(H,18,19)/t9?,10?,11-,12+/m0/s1. The SMILES string of the molecule is CC1(O)CCN(C(=O)[C@H]2C3C=CC(C3)[C@H]2C(=O)O)CC1. The molecule has 1 heterocycles. The highest BCUT2D eigenvalue weighted by atomic mass is 16.4. The number of carboxylic acids is 1. The number of nitrogens with zero attached hydrogens (tertiary/aromatic N) is 1. The lowest BCUT2D eigenvalue weighted by molar-refractivity contribution is -0.152. The van der Waals surface area contributed by atoms with Crippen LogP contribution in [0.5, 0.6) is 0 Å². The Bertz CT molecular complexity index is 460. The molecule has 20 heavy (non-hydrogen) atoms. The Morgan fingerprint density at radius 3 is 2.25 bits per heavy atom. The molecule has 2 N–H and O–H groups in total. The van der Waals surface area contributed by atoms with Gasteiger partial charge in [-0.05, 0) is 38.0 Å². The quantitative estimate of drug-likeness (QED) is 0.736. The van der Waals surface area contributed by atoms with Crippen molar-refractivity contribution in [1.82, 2.24) is 4.90 Å². The second kappa shape index (κ2) is 4.58. The maximum atomic E-state index is 12.7. The number of rotatable bonds is 2. The van der Waals surface area contributed by atoms with Crippen molar-refractivity contribution in [2.24, 2.45) is 23.7 Å². The summed E-state index contributed by atoms with van der Waals surface area (Å²) in [6.07, 6.45) is 5.88. The molecule has 5 heteroatoms. The number of carbonyl (C=O) groups excluding carboxylic acids is 1. The van der Waals surface area contributed by atoms with Gasteiger partial charge >= 0.3 is 5.97 Å².